The molecule has 2 rings (SSSR count). The van der Waals surface area contributed by atoms with Crippen molar-refractivity contribution >= 4 is 11.8 Å². The summed E-state index contributed by atoms with van der Waals surface area (Å²) in [6, 6.07) is -0.472. The molecule has 1 saturated carbocycles. The van der Waals surface area contributed by atoms with Gasteiger partial charge in [-0.25, -0.2) is 0 Å². The summed E-state index contributed by atoms with van der Waals surface area (Å²) in [7, 11) is 0. The molecule has 1 aliphatic carbocycles. The van der Waals surface area contributed by atoms with Crippen LogP contribution in [0.15, 0.2) is 0 Å². The summed E-state index contributed by atoms with van der Waals surface area (Å²) in [4.78, 5) is 25.6. The van der Waals surface area contributed by atoms with Crippen LogP contribution in [0.4, 0.5) is 0 Å². The SMILES string of the molecule is CC1NC(=O)C(C2CC2)N(C(C)C)C1=O. The number of carbonyl (C=O) groups excluding carboxylic acids is 2. The molecule has 2 unspecified atom stereocenters. The Labute approximate surface area is 90.0 Å². The third-order valence-electron chi connectivity index (χ3n) is 3.18. The second kappa shape index (κ2) is 3.51. The van der Waals surface area contributed by atoms with E-state index in [0.717, 1.165) is 12.8 Å². The molecular formula is C11H18N2O2. The highest BCUT2D eigenvalue weighted by Gasteiger charge is 2.47. The highest BCUT2D eigenvalue weighted by molar-refractivity contribution is 5.97. The Morgan fingerprint density at radius 1 is 1.33 bits per heavy atom. The number of nitrogens with one attached hydrogen (secondary N) is 1. The van der Waals surface area contributed by atoms with E-state index >= 15 is 0 Å². The first-order valence-electron chi connectivity index (χ1n) is 5.65. The monoisotopic (exact) mass is 210 g/mol. The fourth-order valence-electron chi connectivity index (χ4n) is 2.28. The van der Waals surface area contributed by atoms with Crippen LogP contribution in [0.25, 0.3) is 0 Å². The minimum Gasteiger partial charge on any atom is -0.343 e. The number of nitrogens with zero attached hydrogens (tertiary/aromatic N) is 1. The van der Waals surface area contributed by atoms with Crippen molar-refractivity contribution in [2.24, 2.45) is 5.92 Å². The zero-order valence-electron chi connectivity index (χ0n) is 9.49. The number of hydrogen-bond donors (Lipinski definition) is 1. The van der Waals surface area contributed by atoms with E-state index in [1.54, 1.807) is 11.8 Å². The molecule has 0 aromatic heterocycles. The van der Waals surface area contributed by atoms with Crippen LogP contribution in [0.5, 0.6) is 0 Å². The molecule has 2 aliphatic rings. The van der Waals surface area contributed by atoms with Gasteiger partial charge in [-0.05, 0) is 39.5 Å². The smallest absolute Gasteiger partial charge is 0.245 e. The van der Waals surface area contributed by atoms with Gasteiger partial charge in [0.25, 0.3) is 0 Å². The molecule has 0 aromatic rings. The maximum Gasteiger partial charge on any atom is 0.245 e. The molecule has 2 atom stereocenters. The van der Waals surface area contributed by atoms with E-state index in [1.807, 2.05) is 13.8 Å². The Balaban J connectivity index is 2.24. The van der Waals surface area contributed by atoms with Crippen LogP contribution < -0.4 is 5.32 Å². The molecule has 84 valence electrons. The van der Waals surface area contributed by atoms with E-state index in [4.69, 9.17) is 0 Å². The molecule has 0 radical (unpaired) electrons. The fraction of sp³-hybridized carbons (Fsp3) is 0.818. The maximum absolute atomic E-state index is 12.0. The van der Waals surface area contributed by atoms with Crippen LogP contribution in [0, 0.1) is 5.92 Å². The standard InChI is InChI=1S/C11H18N2O2/c1-6(2)13-9(8-4-5-8)10(14)12-7(3)11(13)15/h6-9H,4-5H2,1-3H3,(H,12,14). The second-order valence-electron chi connectivity index (χ2n) is 4.85. The van der Waals surface area contributed by atoms with E-state index in [-0.39, 0.29) is 29.9 Å². The number of carbonyl (C=O) groups is 2. The zero-order valence-corrected chi connectivity index (χ0v) is 9.49. The summed E-state index contributed by atoms with van der Waals surface area (Å²) >= 11 is 0. The molecule has 15 heavy (non-hydrogen) atoms. The number of rotatable bonds is 2. The van der Waals surface area contributed by atoms with Crippen LogP contribution >= 0.6 is 0 Å². The Morgan fingerprint density at radius 2 is 1.93 bits per heavy atom. The minimum atomic E-state index is -0.366. The topological polar surface area (TPSA) is 49.4 Å². The molecule has 0 bridgehead atoms. The zero-order chi connectivity index (χ0) is 11.2. The van der Waals surface area contributed by atoms with Crippen LogP contribution in [-0.4, -0.2) is 34.8 Å². The normalized spacial score (nSPS) is 32.1. The van der Waals surface area contributed by atoms with Crippen molar-refractivity contribution in [3.63, 3.8) is 0 Å². The van der Waals surface area contributed by atoms with Crippen molar-refractivity contribution in [1.82, 2.24) is 10.2 Å². The maximum atomic E-state index is 12.0. The van der Waals surface area contributed by atoms with Gasteiger partial charge in [-0.1, -0.05) is 0 Å². The lowest BCUT2D eigenvalue weighted by Crippen LogP contribution is -2.64. The third kappa shape index (κ3) is 1.73. The van der Waals surface area contributed by atoms with Gasteiger partial charge in [0.15, 0.2) is 0 Å². The van der Waals surface area contributed by atoms with Gasteiger partial charge in [-0.15, -0.1) is 0 Å². The number of piperazine rings is 1. The fourth-order valence-corrected chi connectivity index (χ4v) is 2.28. The van der Waals surface area contributed by atoms with Crippen LogP contribution in [0.2, 0.25) is 0 Å². The average Bonchev–Trinajstić information content (AvgIpc) is 2.93. The number of amides is 2. The summed E-state index contributed by atoms with van der Waals surface area (Å²) in [5, 5.41) is 2.76. The molecule has 1 saturated heterocycles. The first-order valence-corrected chi connectivity index (χ1v) is 5.65. The van der Waals surface area contributed by atoms with Gasteiger partial charge >= 0.3 is 0 Å². The minimum absolute atomic E-state index is 0.0262. The predicted molar refractivity (Wildman–Crippen MR) is 56.1 cm³/mol. The molecule has 4 heteroatoms. The molecule has 2 amide bonds. The molecule has 2 fully saturated rings. The molecule has 0 spiro atoms. The molecule has 1 N–H and O–H groups in total. The van der Waals surface area contributed by atoms with Gasteiger partial charge in [0.1, 0.15) is 12.1 Å². The predicted octanol–water partition coefficient (Wildman–Crippen LogP) is 0.520. The van der Waals surface area contributed by atoms with Crippen molar-refractivity contribution in [3.05, 3.63) is 0 Å². The van der Waals surface area contributed by atoms with E-state index < -0.39 is 0 Å². The lowest BCUT2D eigenvalue weighted by Gasteiger charge is -2.40. The van der Waals surface area contributed by atoms with E-state index in [2.05, 4.69) is 5.32 Å². The van der Waals surface area contributed by atoms with Gasteiger partial charge in [0, 0.05) is 6.04 Å². The molecule has 0 aromatic carbocycles. The van der Waals surface area contributed by atoms with Gasteiger partial charge < -0.3 is 10.2 Å². The quantitative estimate of drug-likeness (QED) is 0.722. The van der Waals surface area contributed by atoms with Gasteiger partial charge in [-0.3, -0.25) is 9.59 Å². The van der Waals surface area contributed by atoms with Crippen molar-refractivity contribution in [2.45, 2.75) is 51.7 Å². The van der Waals surface area contributed by atoms with Crippen molar-refractivity contribution in [3.8, 4) is 0 Å². The second-order valence-corrected chi connectivity index (χ2v) is 4.85. The third-order valence-corrected chi connectivity index (χ3v) is 3.18. The van der Waals surface area contributed by atoms with Gasteiger partial charge in [-0.2, -0.15) is 0 Å². The summed E-state index contributed by atoms with van der Waals surface area (Å²) < 4.78 is 0. The van der Waals surface area contributed by atoms with E-state index in [0.29, 0.717) is 5.92 Å². The average molecular weight is 210 g/mol. The Bertz CT molecular complexity index is 297. The lowest BCUT2D eigenvalue weighted by atomic mass is 10.0. The molecule has 1 aliphatic heterocycles. The van der Waals surface area contributed by atoms with Crippen molar-refractivity contribution in [1.29, 1.82) is 0 Å². The van der Waals surface area contributed by atoms with Gasteiger partial charge in [0.05, 0.1) is 0 Å². The van der Waals surface area contributed by atoms with Crippen molar-refractivity contribution < 1.29 is 9.59 Å². The van der Waals surface area contributed by atoms with E-state index in [9.17, 15) is 9.59 Å². The highest BCUT2D eigenvalue weighted by atomic mass is 16.2. The van der Waals surface area contributed by atoms with Crippen LogP contribution in [0.1, 0.15) is 33.6 Å². The molecule has 4 nitrogen and oxygen atoms in total. The Hall–Kier alpha value is -1.06. The van der Waals surface area contributed by atoms with Gasteiger partial charge in [0.2, 0.25) is 11.8 Å². The highest BCUT2D eigenvalue weighted by Crippen LogP contribution is 2.37. The molecule has 1 heterocycles. The Morgan fingerprint density at radius 3 is 2.40 bits per heavy atom. The summed E-state index contributed by atoms with van der Waals surface area (Å²) in [5.74, 6) is 0.476. The van der Waals surface area contributed by atoms with Crippen molar-refractivity contribution in [2.75, 3.05) is 0 Å². The lowest BCUT2D eigenvalue weighted by molar-refractivity contribution is -0.151. The summed E-state index contributed by atoms with van der Waals surface area (Å²) in [5.41, 5.74) is 0. The molecular weight excluding hydrogens is 192 g/mol. The largest absolute Gasteiger partial charge is 0.343 e. The summed E-state index contributed by atoms with van der Waals surface area (Å²) in [6.45, 7) is 5.69. The van der Waals surface area contributed by atoms with E-state index in [1.165, 1.54) is 0 Å². The number of hydrogen-bond acceptors (Lipinski definition) is 2. The van der Waals surface area contributed by atoms with Crippen LogP contribution in [0.3, 0.4) is 0 Å². The Kier molecular flexibility index (Phi) is 2.44. The first kappa shape index (κ1) is 10.5. The first-order chi connectivity index (χ1) is 7.02. The summed E-state index contributed by atoms with van der Waals surface area (Å²) in [6.07, 6.45) is 2.14. The van der Waals surface area contributed by atoms with Crippen LogP contribution in [-0.2, 0) is 9.59 Å².